The van der Waals surface area contributed by atoms with E-state index in [1.165, 1.54) is 0 Å². The number of carbonyl (C=O) groups excluding carboxylic acids is 1. The lowest BCUT2D eigenvalue weighted by molar-refractivity contribution is -0.140. The van der Waals surface area contributed by atoms with Crippen LogP contribution in [0.5, 0.6) is 0 Å². The molecule has 7 heteroatoms. The van der Waals surface area contributed by atoms with Crippen LogP contribution < -0.4 is 5.43 Å². The molecule has 19 heavy (non-hydrogen) atoms. The summed E-state index contributed by atoms with van der Waals surface area (Å²) in [7, 11) is 0. The first-order valence-corrected chi connectivity index (χ1v) is 6.22. The Balaban J connectivity index is 1.99. The van der Waals surface area contributed by atoms with Crippen molar-refractivity contribution in [1.82, 2.24) is 5.43 Å². The Labute approximate surface area is 114 Å². The van der Waals surface area contributed by atoms with Crippen LogP contribution in [0.3, 0.4) is 0 Å². The van der Waals surface area contributed by atoms with Gasteiger partial charge < -0.3 is 9.84 Å². The Morgan fingerprint density at radius 3 is 2.95 bits per heavy atom. The highest BCUT2D eigenvalue weighted by molar-refractivity contribution is 6.32. The summed E-state index contributed by atoms with van der Waals surface area (Å²) in [5, 5.41) is 12.9. The molecule has 0 saturated heterocycles. The van der Waals surface area contributed by atoms with E-state index in [0.29, 0.717) is 30.1 Å². The van der Waals surface area contributed by atoms with Crippen molar-refractivity contribution in [2.24, 2.45) is 11.0 Å². The number of nitrogens with zero attached hydrogens (tertiary/aromatic N) is 1. The number of rotatable bonds is 4. The third kappa shape index (κ3) is 3.57. The van der Waals surface area contributed by atoms with E-state index >= 15 is 0 Å². The summed E-state index contributed by atoms with van der Waals surface area (Å²) >= 11 is 6.04. The highest BCUT2D eigenvalue weighted by atomic mass is 35.5. The molecule has 0 spiro atoms. The van der Waals surface area contributed by atoms with Gasteiger partial charge in [-0.25, -0.2) is 10.2 Å². The average molecular weight is 285 g/mol. The number of hydrogen-bond acceptors (Lipinski definition) is 4. The van der Waals surface area contributed by atoms with Gasteiger partial charge in [-0.1, -0.05) is 17.7 Å². The lowest BCUT2D eigenvalue weighted by atomic mass is 9.91. The SMILES string of the molecule is O=C(O)COC1=CCC(C2=NNC(=O)CC2)C=C1Cl. The first-order valence-electron chi connectivity index (χ1n) is 5.84. The smallest absolute Gasteiger partial charge is 0.341 e. The lowest BCUT2D eigenvalue weighted by Crippen LogP contribution is -2.29. The van der Waals surface area contributed by atoms with Crippen LogP contribution in [-0.4, -0.2) is 29.3 Å². The molecule has 1 amide bonds. The molecule has 1 aliphatic heterocycles. The lowest BCUT2D eigenvalue weighted by Gasteiger charge is -2.22. The summed E-state index contributed by atoms with van der Waals surface area (Å²) in [5.74, 6) is -0.742. The molecule has 0 radical (unpaired) electrons. The van der Waals surface area contributed by atoms with Crippen LogP contribution in [0.2, 0.25) is 0 Å². The number of hydrazone groups is 1. The quantitative estimate of drug-likeness (QED) is 0.816. The zero-order chi connectivity index (χ0) is 13.8. The Hall–Kier alpha value is -1.82. The molecular weight excluding hydrogens is 272 g/mol. The van der Waals surface area contributed by atoms with E-state index in [1.54, 1.807) is 12.2 Å². The van der Waals surface area contributed by atoms with E-state index in [4.69, 9.17) is 21.4 Å². The standard InChI is InChI=1S/C12H13ClN2O4/c13-8-5-7(9-2-4-11(16)15-14-9)1-3-10(8)19-6-12(17)18/h3,5,7H,1-2,4,6H2,(H,15,16)(H,17,18). The molecule has 0 aromatic rings. The van der Waals surface area contributed by atoms with E-state index in [2.05, 4.69) is 10.5 Å². The van der Waals surface area contributed by atoms with Gasteiger partial charge in [0.15, 0.2) is 6.61 Å². The second-order valence-corrected chi connectivity index (χ2v) is 4.65. The van der Waals surface area contributed by atoms with Gasteiger partial charge >= 0.3 is 5.97 Å². The van der Waals surface area contributed by atoms with Crippen LogP contribution in [0.15, 0.2) is 28.0 Å². The number of amides is 1. The van der Waals surface area contributed by atoms with E-state index in [1.807, 2.05) is 0 Å². The van der Waals surface area contributed by atoms with Crippen LogP contribution >= 0.6 is 11.6 Å². The van der Waals surface area contributed by atoms with Crippen LogP contribution in [0.25, 0.3) is 0 Å². The zero-order valence-electron chi connectivity index (χ0n) is 10.1. The Bertz CT molecular complexity index is 496. The summed E-state index contributed by atoms with van der Waals surface area (Å²) in [6, 6.07) is 0. The summed E-state index contributed by atoms with van der Waals surface area (Å²) in [5.41, 5.74) is 3.31. The minimum absolute atomic E-state index is 0.0188. The van der Waals surface area contributed by atoms with Gasteiger partial charge in [-0.3, -0.25) is 4.79 Å². The molecule has 1 unspecified atom stereocenters. The summed E-state index contributed by atoms with van der Waals surface area (Å²) in [6.45, 7) is -0.419. The molecule has 0 bridgehead atoms. The molecule has 2 rings (SSSR count). The molecule has 2 N–H and O–H groups in total. The minimum Gasteiger partial charge on any atom is -0.481 e. The van der Waals surface area contributed by atoms with Gasteiger partial charge in [0.2, 0.25) is 5.91 Å². The van der Waals surface area contributed by atoms with Crippen LogP contribution in [0, 0.1) is 5.92 Å². The Morgan fingerprint density at radius 1 is 1.58 bits per heavy atom. The predicted molar refractivity (Wildman–Crippen MR) is 68.5 cm³/mol. The zero-order valence-corrected chi connectivity index (χ0v) is 10.8. The average Bonchev–Trinajstić information content (AvgIpc) is 2.38. The maximum atomic E-state index is 11.0. The highest BCUT2D eigenvalue weighted by Gasteiger charge is 2.23. The number of allylic oxidation sites excluding steroid dienone is 3. The number of carbonyl (C=O) groups is 2. The first kappa shape index (κ1) is 13.6. The fourth-order valence-corrected chi connectivity index (χ4v) is 2.20. The molecule has 0 saturated carbocycles. The largest absolute Gasteiger partial charge is 0.481 e. The van der Waals surface area contributed by atoms with Crippen molar-refractivity contribution in [3.63, 3.8) is 0 Å². The van der Waals surface area contributed by atoms with Gasteiger partial charge in [0, 0.05) is 18.1 Å². The fourth-order valence-electron chi connectivity index (χ4n) is 1.91. The van der Waals surface area contributed by atoms with Crippen molar-refractivity contribution in [2.75, 3.05) is 6.61 Å². The highest BCUT2D eigenvalue weighted by Crippen LogP contribution is 2.28. The van der Waals surface area contributed by atoms with E-state index < -0.39 is 12.6 Å². The molecule has 1 heterocycles. The Morgan fingerprint density at radius 2 is 2.37 bits per heavy atom. The third-order valence-corrected chi connectivity index (χ3v) is 3.16. The maximum absolute atomic E-state index is 11.0. The van der Waals surface area contributed by atoms with Crippen LogP contribution in [0.4, 0.5) is 0 Å². The van der Waals surface area contributed by atoms with Gasteiger partial charge in [0.1, 0.15) is 5.76 Å². The number of ether oxygens (including phenoxy) is 1. The summed E-state index contributed by atoms with van der Waals surface area (Å²) < 4.78 is 5.06. The summed E-state index contributed by atoms with van der Waals surface area (Å²) in [4.78, 5) is 21.4. The molecule has 0 aromatic heterocycles. The van der Waals surface area contributed by atoms with E-state index in [9.17, 15) is 9.59 Å². The van der Waals surface area contributed by atoms with Crippen molar-refractivity contribution in [2.45, 2.75) is 19.3 Å². The predicted octanol–water partition coefficient (Wildman–Crippen LogP) is 1.38. The van der Waals surface area contributed by atoms with Crippen molar-refractivity contribution < 1.29 is 19.4 Å². The number of halogens is 1. The van der Waals surface area contributed by atoms with Crippen molar-refractivity contribution >= 4 is 29.2 Å². The van der Waals surface area contributed by atoms with Gasteiger partial charge in [0.25, 0.3) is 0 Å². The molecule has 102 valence electrons. The monoisotopic (exact) mass is 284 g/mol. The van der Waals surface area contributed by atoms with E-state index in [-0.39, 0.29) is 11.8 Å². The molecule has 0 aromatic carbocycles. The molecule has 6 nitrogen and oxygen atoms in total. The number of hydrogen-bond donors (Lipinski definition) is 2. The number of nitrogens with one attached hydrogen (secondary N) is 1. The maximum Gasteiger partial charge on any atom is 0.341 e. The van der Waals surface area contributed by atoms with Gasteiger partial charge in [-0.2, -0.15) is 5.10 Å². The van der Waals surface area contributed by atoms with Crippen molar-refractivity contribution in [3.05, 3.63) is 22.9 Å². The normalized spacial score (nSPS) is 22.9. The minimum atomic E-state index is -1.05. The van der Waals surface area contributed by atoms with Gasteiger partial charge in [-0.15, -0.1) is 0 Å². The number of carboxylic acids is 1. The Kier molecular flexibility index (Phi) is 4.21. The third-order valence-electron chi connectivity index (χ3n) is 2.85. The second kappa shape index (κ2) is 5.88. The molecule has 0 fully saturated rings. The molecular formula is C12H13ClN2O4. The van der Waals surface area contributed by atoms with E-state index in [0.717, 1.165) is 5.71 Å². The molecule has 2 aliphatic rings. The first-order chi connectivity index (χ1) is 9.06. The van der Waals surface area contributed by atoms with Crippen molar-refractivity contribution in [1.29, 1.82) is 0 Å². The van der Waals surface area contributed by atoms with Crippen molar-refractivity contribution in [3.8, 4) is 0 Å². The number of carboxylic acid groups (broad SMARTS) is 1. The van der Waals surface area contributed by atoms with Crippen LogP contribution in [-0.2, 0) is 14.3 Å². The fraction of sp³-hybridized carbons (Fsp3) is 0.417. The topological polar surface area (TPSA) is 88.0 Å². The van der Waals surface area contributed by atoms with Gasteiger partial charge in [-0.05, 0) is 18.9 Å². The molecule has 1 atom stereocenters. The number of aliphatic carboxylic acids is 1. The summed E-state index contributed by atoms with van der Waals surface area (Å²) in [6.07, 6.45) is 5.17. The second-order valence-electron chi connectivity index (χ2n) is 4.25. The van der Waals surface area contributed by atoms with Crippen LogP contribution in [0.1, 0.15) is 19.3 Å². The molecule has 1 aliphatic carbocycles. The van der Waals surface area contributed by atoms with Gasteiger partial charge in [0.05, 0.1) is 5.03 Å².